The monoisotopic (exact) mass is 326 g/mol. The van der Waals surface area contributed by atoms with Crippen LogP contribution < -0.4 is 5.32 Å². The van der Waals surface area contributed by atoms with Crippen LogP contribution in [-0.4, -0.2) is 52.9 Å². The van der Waals surface area contributed by atoms with Gasteiger partial charge in [-0.25, -0.2) is 4.79 Å². The van der Waals surface area contributed by atoms with Gasteiger partial charge in [-0.15, -0.1) is 0 Å². The normalized spacial score (nSPS) is 15.0. The minimum Gasteiger partial charge on any atom is -0.357 e. The zero-order chi connectivity index (χ0) is 16.8. The van der Waals surface area contributed by atoms with E-state index in [-0.39, 0.29) is 11.9 Å². The third kappa shape index (κ3) is 3.95. The number of hydrogen-bond acceptors (Lipinski definition) is 2. The molecular weight excluding hydrogens is 304 g/mol. The largest absolute Gasteiger partial charge is 0.357 e. The van der Waals surface area contributed by atoms with E-state index in [0.29, 0.717) is 38.4 Å². The molecule has 0 radical (unpaired) electrons. The Morgan fingerprint density at radius 1 is 0.958 bits per heavy atom. The maximum atomic E-state index is 12.4. The molecule has 24 heavy (non-hydrogen) atoms. The highest BCUT2D eigenvalue weighted by molar-refractivity contribution is 5.92. The fourth-order valence-electron chi connectivity index (χ4n) is 2.84. The first-order valence-corrected chi connectivity index (χ1v) is 8.23. The summed E-state index contributed by atoms with van der Waals surface area (Å²) in [5, 5.41) is 2.95. The molecule has 1 saturated heterocycles. The lowest BCUT2D eigenvalue weighted by Gasteiger charge is -2.22. The number of rotatable bonds is 3. The van der Waals surface area contributed by atoms with Crippen molar-refractivity contribution in [2.45, 2.75) is 13.0 Å². The summed E-state index contributed by atoms with van der Waals surface area (Å²) in [6, 6.07) is 13.4. The molecule has 2 heterocycles. The molecule has 6 nitrogen and oxygen atoms in total. The van der Waals surface area contributed by atoms with Crippen LogP contribution in [0.25, 0.3) is 0 Å². The third-order valence-corrected chi connectivity index (χ3v) is 4.19. The van der Waals surface area contributed by atoms with Crippen molar-refractivity contribution in [1.29, 1.82) is 0 Å². The van der Waals surface area contributed by atoms with Gasteiger partial charge in [0.2, 0.25) is 0 Å². The third-order valence-electron chi connectivity index (χ3n) is 4.19. The van der Waals surface area contributed by atoms with E-state index in [2.05, 4.69) is 10.3 Å². The van der Waals surface area contributed by atoms with Crippen LogP contribution in [0.5, 0.6) is 0 Å². The topological polar surface area (TPSA) is 68.4 Å². The van der Waals surface area contributed by atoms with Gasteiger partial charge in [-0.1, -0.05) is 30.3 Å². The van der Waals surface area contributed by atoms with Crippen molar-refractivity contribution in [2.75, 3.05) is 26.2 Å². The Morgan fingerprint density at radius 2 is 1.71 bits per heavy atom. The quantitative estimate of drug-likeness (QED) is 0.907. The first-order chi connectivity index (χ1) is 11.7. The summed E-state index contributed by atoms with van der Waals surface area (Å²) in [7, 11) is 0. The number of nitrogens with one attached hydrogen (secondary N) is 2. The number of amides is 3. The Morgan fingerprint density at radius 3 is 2.46 bits per heavy atom. The molecule has 1 fully saturated rings. The van der Waals surface area contributed by atoms with Crippen LogP contribution in [0.2, 0.25) is 0 Å². The van der Waals surface area contributed by atoms with Crippen molar-refractivity contribution in [3.8, 4) is 0 Å². The number of carbonyl (C=O) groups is 2. The second-order valence-corrected chi connectivity index (χ2v) is 5.86. The Labute approximate surface area is 141 Å². The summed E-state index contributed by atoms with van der Waals surface area (Å²) < 4.78 is 0. The Bertz CT molecular complexity index is 670. The van der Waals surface area contributed by atoms with Crippen molar-refractivity contribution >= 4 is 11.9 Å². The molecule has 1 aromatic heterocycles. The summed E-state index contributed by atoms with van der Waals surface area (Å²) in [6.07, 6.45) is 2.53. The SMILES string of the molecule is O=C(NCc1ccccc1)N1CCCN(C(=O)c2ccc[nH]2)CC1. The van der Waals surface area contributed by atoms with E-state index in [1.54, 1.807) is 22.1 Å². The van der Waals surface area contributed by atoms with E-state index in [1.165, 1.54) is 0 Å². The molecule has 1 aliphatic heterocycles. The standard InChI is InChI=1S/C18H22N4O2/c23-17(16-8-4-9-19-16)21-10-5-11-22(13-12-21)18(24)20-14-15-6-2-1-3-7-15/h1-4,6-9,19H,5,10-14H2,(H,20,24). The van der Waals surface area contributed by atoms with Gasteiger partial charge >= 0.3 is 6.03 Å². The van der Waals surface area contributed by atoms with E-state index in [9.17, 15) is 9.59 Å². The maximum Gasteiger partial charge on any atom is 0.317 e. The highest BCUT2D eigenvalue weighted by Crippen LogP contribution is 2.08. The van der Waals surface area contributed by atoms with Gasteiger partial charge in [0, 0.05) is 38.9 Å². The Kier molecular flexibility index (Phi) is 5.15. The van der Waals surface area contributed by atoms with E-state index in [0.717, 1.165) is 12.0 Å². The number of nitrogens with zero attached hydrogens (tertiary/aromatic N) is 2. The van der Waals surface area contributed by atoms with E-state index in [1.807, 2.05) is 36.4 Å². The second kappa shape index (κ2) is 7.68. The molecule has 0 bridgehead atoms. The van der Waals surface area contributed by atoms with E-state index >= 15 is 0 Å². The van der Waals surface area contributed by atoms with Crippen LogP contribution in [0.3, 0.4) is 0 Å². The number of carbonyl (C=O) groups excluding carboxylic acids is 2. The smallest absolute Gasteiger partial charge is 0.317 e. The van der Waals surface area contributed by atoms with Gasteiger partial charge in [0.15, 0.2) is 0 Å². The zero-order valence-electron chi connectivity index (χ0n) is 13.6. The van der Waals surface area contributed by atoms with Gasteiger partial charge in [0.05, 0.1) is 0 Å². The van der Waals surface area contributed by atoms with Gasteiger partial charge < -0.3 is 20.1 Å². The Balaban J connectivity index is 1.51. The molecule has 3 amide bonds. The summed E-state index contributed by atoms with van der Waals surface area (Å²) in [5.41, 5.74) is 1.67. The first kappa shape index (κ1) is 16.1. The summed E-state index contributed by atoms with van der Waals surface area (Å²) >= 11 is 0. The molecular formula is C18H22N4O2. The van der Waals surface area contributed by atoms with Gasteiger partial charge in [-0.3, -0.25) is 4.79 Å². The fraction of sp³-hybridized carbons (Fsp3) is 0.333. The molecule has 6 heteroatoms. The van der Waals surface area contributed by atoms with Crippen LogP contribution in [0.4, 0.5) is 4.79 Å². The molecule has 1 aliphatic rings. The number of urea groups is 1. The van der Waals surface area contributed by atoms with Crippen LogP contribution in [0.15, 0.2) is 48.7 Å². The van der Waals surface area contributed by atoms with Crippen LogP contribution >= 0.6 is 0 Å². The first-order valence-electron chi connectivity index (χ1n) is 8.23. The number of aromatic nitrogens is 1. The highest BCUT2D eigenvalue weighted by Gasteiger charge is 2.22. The minimum absolute atomic E-state index is 0.00783. The number of aromatic amines is 1. The van der Waals surface area contributed by atoms with Gasteiger partial charge in [-0.05, 0) is 24.1 Å². The maximum absolute atomic E-state index is 12.4. The van der Waals surface area contributed by atoms with E-state index < -0.39 is 0 Å². The number of H-pyrrole nitrogens is 1. The molecule has 2 N–H and O–H groups in total. The van der Waals surface area contributed by atoms with Gasteiger partial charge in [0.1, 0.15) is 5.69 Å². The average molecular weight is 326 g/mol. The lowest BCUT2D eigenvalue weighted by atomic mass is 10.2. The van der Waals surface area contributed by atoms with Crippen LogP contribution in [-0.2, 0) is 6.54 Å². The molecule has 0 unspecified atom stereocenters. The average Bonchev–Trinajstić information content (AvgIpc) is 3.04. The molecule has 1 aromatic carbocycles. The molecule has 0 spiro atoms. The fourth-order valence-corrected chi connectivity index (χ4v) is 2.84. The minimum atomic E-state index is -0.0759. The van der Waals surface area contributed by atoms with Crippen molar-refractivity contribution in [3.05, 3.63) is 59.9 Å². The molecule has 3 rings (SSSR count). The summed E-state index contributed by atoms with van der Waals surface area (Å²) in [4.78, 5) is 31.2. The number of benzene rings is 1. The van der Waals surface area contributed by atoms with E-state index in [4.69, 9.17) is 0 Å². The molecule has 0 aliphatic carbocycles. The molecule has 0 saturated carbocycles. The van der Waals surface area contributed by atoms with Crippen molar-refractivity contribution in [1.82, 2.24) is 20.1 Å². The van der Waals surface area contributed by atoms with Crippen molar-refractivity contribution in [3.63, 3.8) is 0 Å². The predicted molar refractivity (Wildman–Crippen MR) is 91.6 cm³/mol. The molecule has 126 valence electrons. The van der Waals surface area contributed by atoms with Gasteiger partial charge in [0.25, 0.3) is 5.91 Å². The lowest BCUT2D eigenvalue weighted by molar-refractivity contribution is 0.0757. The molecule has 0 atom stereocenters. The van der Waals surface area contributed by atoms with Gasteiger partial charge in [-0.2, -0.15) is 0 Å². The predicted octanol–water partition coefficient (Wildman–Crippen LogP) is 2.07. The van der Waals surface area contributed by atoms with Crippen LogP contribution in [0, 0.1) is 0 Å². The molecule has 2 aromatic rings. The van der Waals surface area contributed by atoms with Crippen molar-refractivity contribution < 1.29 is 9.59 Å². The van der Waals surface area contributed by atoms with Crippen molar-refractivity contribution in [2.24, 2.45) is 0 Å². The summed E-state index contributed by atoms with van der Waals surface area (Å²) in [5.74, 6) is -0.00783. The van der Waals surface area contributed by atoms with Crippen LogP contribution in [0.1, 0.15) is 22.5 Å². The summed E-state index contributed by atoms with van der Waals surface area (Å²) in [6.45, 7) is 2.94. The lowest BCUT2D eigenvalue weighted by Crippen LogP contribution is -2.42. The second-order valence-electron chi connectivity index (χ2n) is 5.86. The highest BCUT2D eigenvalue weighted by atomic mass is 16.2. The number of hydrogen-bond donors (Lipinski definition) is 2. The Hall–Kier alpha value is -2.76. The zero-order valence-corrected chi connectivity index (χ0v) is 13.6.